The Balaban J connectivity index is 1.97. The molecule has 0 spiro atoms. The van der Waals surface area contributed by atoms with Crippen molar-refractivity contribution in [3.63, 3.8) is 0 Å². The standard InChI is InChI=1S/C11H18N2S/c1-8-9(2)14-11(12-8)13-10-6-4-3-5-7-10/h9-10H,3-7H2,1-2H3. The second-order valence-corrected chi connectivity index (χ2v) is 5.52. The van der Waals surface area contributed by atoms with Gasteiger partial charge in [0.25, 0.3) is 0 Å². The van der Waals surface area contributed by atoms with Gasteiger partial charge in [-0.2, -0.15) is 0 Å². The Morgan fingerprint density at radius 3 is 2.57 bits per heavy atom. The van der Waals surface area contributed by atoms with Crippen LogP contribution in [0.25, 0.3) is 0 Å². The van der Waals surface area contributed by atoms with Crippen LogP contribution in [0.2, 0.25) is 0 Å². The van der Waals surface area contributed by atoms with Crippen molar-refractivity contribution >= 4 is 22.6 Å². The van der Waals surface area contributed by atoms with Gasteiger partial charge in [0.2, 0.25) is 0 Å². The van der Waals surface area contributed by atoms with Gasteiger partial charge in [-0.05, 0) is 26.7 Å². The summed E-state index contributed by atoms with van der Waals surface area (Å²) in [7, 11) is 0. The zero-order chi connectivity index (χ0) is 9.97. The van der Waals surface area contributed by atoms with Crippen LogP contribution in [-0.4, -0.2) is 22.2 Å². The first-order valence-corrected chi connectivity index (χ1v) is 6.43. The zero-order valence-electron chi connectivity index (χ0n) is 8.99. The Bertz CT molecular complexity index is 264. The molecule has 78 valence electrons. The molecule has 1 fully saturated rings. The van der Waals surface area contributed by atoms with E-state index in [-0.39, 0.29) is 0 Å². The molecule has 1 atom stereocenters. The van der Waals surface area contributed by atoms with Crippen molar-refractivity contribution in [2.45, 2.75) is 57.2 Å². The lowest BCUT2D eigenvalue weighted by Gasteiger charge is -2.17. The van der Waals surface area contributed by atoms with Gasteiger partial charge in [-0.15, -0.1) is 0 Å². The summed E-state index contributed by atoms with van der Waals surface area (Å²) < 4.78 is 0. The van der Waals surface area contributed by atoms with Gasteiger partial charge in [0.15, 0.2) is 5.17 Å². The maximum absolute atomic E-state index is 4.73. The molecule has 1 heterocycles. The minimum atomic E-state index is 0.539. The molecule has 1 aliphatic carbocycles. The number of aliphatic imine (C=N–C) groups is 2. The highest BCUT2D eigenvalue weighted by molar-refractivity contribution is 8.15. The number of thioether (sulfide) groups is 1. The van der Waals surface area contributed by atoms with Crippen LogP contribution in [0.1, 0.15) is 46.0 Å². The predicted molar refractivity (Wildman–Crippen MR) is 64.5 cm³/mol. The van der Waals surface area contributed by atoms with Crippen LogP contribution in [0.4, 0.5) is 0 Å². The Labute approximate surface area is 90.3 Å². The lowest BCUT2D eigenvalue weighted by Crippen LogP contribution is -2.10. The zero-order valence-corrected chi connectivity index (χ0v) is 9.81. The van der Waals surface area contributed by atoms with E-state index in [4.69, 9.17) is 4.99 Å². The van der Waals surface area contributed by atoms with Crippen LogP contribution in [0.15, 0.2) is 9.98 Å². The molecule has 0 amide bonds. The van der Waals surface area contributed by atoms with Crippen LogP contribution in [0.3, 0.4) is 0 Å². The molecule has 2 aliphatic rings. The minimum Gasteiger partial charge on any atom is -0.257 e. The third kappa shape index (κ3) is 2.38. The molecule has 14 heavy (non-hydrogen) atoms. The molecule has 2 rings (SSSR count). The second kappa shape index (κ2) is 4.47. The molecule has 0 saturated heterocycles. The normalized spacial score (nSPS) is 32.3. The molecule has 2 nitrogen and oxygen atoms in total. The van der Waals surface area contributed by atoms with Gasteiger partial charge >= 0.3 is 0 Å². The van der Waals surface area contributed by atoms with Crippen molar-refractivity contribution in [2.24, 2.45) is 9.98 Å². The molecule has 0 radical (unpaired) electrons. The monoisotopic (exact) mass is 210 g/mol. The van der Waals surface area contributed by atoms with Crippen molar-refractivity contribution in [2.75, 3.05) is 0 Å². The Kier molecular flexibility index (Phi) is 3.26. The van der Waals surface area contributed by atoms with Gasteiger partial charge < -0.3 is 0 Å². The molecule has 3 heteroatoms. The number of rotatable bonds is 1. The van der Waals surface area contributed by atoms with E-state index < -0.39 is 0 Å². The Hall–Kier alpha value is -0.310. The van der Waals surface area contributed by atoms with Crippen molar-refractivity contribution < 1.29 is 0 Å². The van der Waals surface area contributed by atoms with Gasteiger partial charge in [0.05, 0.1) is 6.04 Å². The van der Waals surface area contributed by atoms with E-state index >= 15 is 0 Å². The number of nitrogens with zero attached hydrogens (tertiary/aromatic N) is 2. The van der Waals surface area contributed by atoms with Crippen molar-refractivity contribution in [1.29, 1.82) is 0 Å². The van der Waals surface area contributed by atoms with Crippen LogP contribution >= 0.6 is 11.8 Å². The maximum Gasteiger partial charge on any atom is 0.183 e. The van der Waals surface area contributed by atoms with E-state index in [0.717, 1.165) is 5.17 Å². The summed E-state index contributed by atoms with van der Waals surface area (Å²) in [5, 5.41) is 1.57. The van der Waals surface area contributed by atoms with E-state index in [1.54, 1.807) is 0 Å². The Morgan fingerprint density at radius 1 is 1.29 bits per heavy atom. The summed E-state index contributed by atoms with van der Waals surface area (Å²) in [5.41, 5.74) is 1.23. The van der Waals surface area contributed by atoms with Gasteiger partial charge in [-0.3, -0.25) is 4.99 Å². The fourth-order valence-corrected chi connectivity index (χ4v) is 2.88. The van der Waals surface area contributed by atoms with Crippen LogP contribution in [-0.2, 0) is 0 Å². The van der Waals surface area contributed by atoms with Gasteiger partial charge in [-0.25, -0.2) is 4.99 Å². The number of hydrogen-bond donors (Lipinski definition) is 0. The highest BCUT2D eigenvalue weighted by atomic mass is 32.2. The van der Waals surface area contributed by atoms with Crippen LogP contribution in [0, 0.1) is 0 Å². The van der Waals surface area contributed by atoms with E-state index in [2.05, 4.69) is 18.8 Å². The van der Waals surface area contributed by atoms with Crippen LogP contribution < -0.4 is 0 Å². The van der Waals surface area contributed by atoms with E-state index in [9.17, 15) is 0 Å². The first-order valence-electron chi connectivity index (χ1n) is 5.55. The summed E-state index contributed by atoms with van der Waals surface area (Å²) in [6.07, 6.45) is 6.64. The van der Waals surface area contributed by atoms with Gasteiger partial charge in [-0.1, -0.05) is 31.0 Å². The SMILES string of the molecule is CC1=NC(=NC2CCCCC2)SC1C. The molecule has 0 bridgehead atoms. The quantitative estimate of drug-likeness (QED) is 0.652. The number of hydrogen-bond acceptors (Lipinski definition) is 2. The van der Waals surface area contributed by atoms with Crippen molar-refractivity contribution in [1.82, 2.24) is 0 Å². The second-order valence-electron chi connectivity index (χ2n) is 4.22. The molecule has 0 aromatic carbocycles. The van der Waals surface area contributed by atoms with Crippen molar-refractivity contribution in [3.05, 3.63) is 0 Å². The average molecular weight is 210 g/mol. The third-order valence-electron chi connectivity index (χ3n) is 3.01. The summed E-state index contributed by atoms with van der Waals surface area (Å²) >= 11 is 1.81. The first kappa shape index (κ1) is 10.2. The molecular weight excluding hydrogens is 192 g/mol. The average Bonchev–Trinajstić information content (AvgIpc) is 2.47. The van der Waals surface area contributed by atoms with Crippen LogP contribution in [0.5, 0.6) is 0 Å². The lowest BCUT2D eigenvalue weighted by molar-refractivity contribution is 0.444. The summed E-state index contributed by atoms with van der Waals surface area (Å²) in [6, 6.07) is 0.563. The topological polar surface area (TPSA) is 24.7 Å². The fraction of sp³-hybridized carbons (Fsp3) is 0.818. The maximum atomic E-state index is 4.73. The molecular formula is C11H18N2S. The predicted octanol–water partition coefficient (Wildman–Crippen LogP) is 3.27. The molecule has 0 aromatic heterocycles. The number of amidine groups is 1. The lowest BCUT2D eigenvalue weighted by atomic mass is 9.96. The molecule has 1 aliphatic heterocycles. The first-order chi connectivity index (χ1) is 6.75. The largest absolute Gasteiger partial charge is 0.257 e. The molecule has 0 N–H and O–H groups in total. The van der Waals surface area contributed by atoms with Crippen molar-refractivity contribution in [3.8, 4) is 0 Å². The van der Waals surface area contributed by atoms with E-state index in [1.807, 2.05) is 11.8 Å². The minimum absolute atomic E-state index is 0.539. The third-order valence-corrected chi connectivity index (χ3v) is 4.11. The summed E-state index contributed by atoms with van der Waals surface area (Å²) in [5.74, 6) is 0. The van der Waals surface area contributed by atoms with Gasteiger partial charge in [0.1, 0.15) is 0 Å². The van der Waals surface area contributed by atoms with Gasteiger partial charge in [0, 0.05) is 11.0 Å². The molecule has 1 unspecified atom stereocenters. The highest BCUT2D eigenvalue weighted by Gasteiger charge is 2.20. The summed E-state index contributed by atoms with van der Waals surface area (Å²) in [6.45, 7) is 4.30. The summed E-state index contributed by atoms with van der Waals surface area (Å²) in [4.78, 5) is 9.22. The molecule has 1 saturated carbocycles. The highest BCUT2D eigenvalue weighted by Crippen LogP contribution is 2.26. The smallest absolute Gasteiger partial charge is 0.183 e. The Morgan fingerprint density at radius 2 is 2.00 bits per heavy atom. The molecule has 0 aromatic rings. The fourth-order valence-electron chi connectivity index (χ4n) is 1.94. The van der Waals surface area contributed by atoms with E-state index in [0.29, 0.717) is 11.3 Å². The van der Waals surface area contributed by atoms with E-state index in [1.165, 1.54) is 37.8 Å².